The summed E-state index contributed by atoms with van der Waals surface area (Å²) in [6.45, 7) is -0.284. The molecule has 0 unspecified atom stereocenters. The molecule has 0 atom stereocenters. The number of aromatic nitrogens is 2. The molecule has 1 N–H and O–H groups in total. The maximum absolute atomic E-state index is 12.6. The average Bonchev–Trinajstić information content (AvgIpc) is 3.19. The quantitative estimate of drug-likeness (QED) is 0.623. The number of methoxy groups -OCH3 is 1. The van der Waals surface area contributed by atoms with Crippen molar-refractivity contribution in [2.75, 3.05) is 19.0 Å². The smallest absolute Gasteiger partial charge is 0.263 e. The number of benzene rings is 2. The molecule has 0 radical (unpaired) electrons. The van der Waals surface area contributed by atoms with E-state index in [1.165, 1.54) is 11.8 Å². The van der Waals surface area contributed by atoms with E-state index in [1.54, 1.807) is 48.5 Å². The van der Waals surface area contributed by atoms with Gasteiger partial charge in [-0.05, 0) is 36.4 Å². The molecule has 3 aromatic rings. The first-order valence-electron chi connectivity index (χ1n) is 8.99. The number of ether oxygens (including phenoxy) is 2. The number of nitrogens with zero attached hydrogens (tertiary/aromatic N) is 2. The Kier molecular flexibility index (Phi) is 5.40. The van der Waals surface area contributed by atoms with Crippen molar-refractivity contribution in [3.05, 3.63) is 64.8 Å². The molecule has 10 heteroatoms. The summed E-state index contributed by atoms with van der Waals surface area (Å²) < 4.78 is 36.4. The van der Waals surface area contributed by atoms with Crippen LogP contribution in [0, 0.1) is 0 Å². The molecule has 30 heavy (non-hydrogen) atoms. The Bertz CT molecular complexity index is 1210. The van der Waals surface area contributed by atoms with E-state index in [-0.39, 0.29) is 18.1 Å². The topological polar surface area (TPSA) is 99.5 Å². The van der Waals surface area contributed by atoms with Gasteiger partial charge in [0.1, 0.15) is 5.82 Å². The predicted molar refractivity (Wildman–Crippen MR) is 112 cm³/mol. The third-order valence-corrected chi connectivity index (χ3v) is 6.24. The van der Waals surface area contributed by atoms with Gasteiger partial charge in [0.05, 0.1) is 30.0 Å². The van der Waals surface area contributed by atoms with E-state index in [2.05, 4.69) is 10.4 Å². The van der Waals surface area contributed by atoms with Crippen LogP contribution in [0.25, 0.3) is 5.69 Å². The van der Waals surface area contributed by atoms with Crippen molar-refractivity contribution in [2.45, 2.75) is 11.5 Å². The second-order valence-corrected chi connectivity index (χ2v) is 9.18. The van der Waals surface area contributed by atoms with E-state index >= 15 is 0 Å². The van der Waals surface area contributed by atoms with Gasteiger partial charge in [0, 0.05) is 10.6 Å². The van der Waals surface area contributed by atoms with E-state index in [0.29, 0.717) is 39.3 Å². The Morgan fingerprint density at radius 2 is 1.83 bits per heavy atom. The number of anilines is 1. The van der Waals surface area contributed by atoms with E-state index in [9.17, 15) is 13.2 Å². The predicted octanol–water partition coefficient (Wildman–Crippen LogP) is 2.98. The molecule has 156 valence electrons. The summed E-state index contributed by atoms with van der Waals surface area (Å²) in [4.78, 5) is 12.6. The fraction of sp³-hybridized carbons (Fsp3) is 0.200. The highest BCUT2D eigenvalue weighted by atomic mass is 35.5. The number of carbonyl (C=O) groups excluding carboxylic acids is 1. The van der Waals surface area contributed by atoms with Crippen molar-refractivity contribution in [1.82, 2.24) is 9.78 Å². The van der Waals surface area contributed by atoms with Crippen LogP contribution in [0.3, 0.4) is 0 Å². The van der Waals surface area contributed by atoms with E-state index in [1.807, 2.05) is 0 Å². The summed E-state index contributed by atoms with van der Waals surface area (Å²) in [5.74, 6) is 0.436. The maximum atomic E-state index is 12.6. The lowest BCUT2D eigenvalue weighted by Gasteiger charge is -2.13. The molecule has 2 aromatic carbocycles. The molecule has 8 nitrogen and oxygen atoms in total. The summed E-state index contributed by atoms with van der Waals surface area (Å²) in [6.07, 6.45) is 0. The minimum absolute atomic E-state index is 0.163. The standard InChI is InChI=1S/C20H18ClN3O5S/c1-28-17-4-2-3-5-18(17)29-10-19(25)22-20-15-11-30(26,27)12-16(15)23-24(20)14-8-6-13(21)7-9-14/h2-9H,10-12H2,1H3,(H,22,25). The maximum Gasteiger partial charge on any atom is 0.263 e. The lowest BCUT2D eigenvalue weighted by Crippen LogP contribution is -2.23. The highest BCUT2D eigenvalue weighted by Crippen LogP contribution is 2.33. The third kappa shape index (κ3) is 4.12. The van der Waals surface area contributed by atoms with Crippen molar-refractivity contribution in [3.63, 3.8) is 0 Å². The van der Waals surface area contributed by atoms with Crippen LogP contribution in [-0.4, -0.2) is 37.8 Å². The zero-order valence-corrected chi connectivity index (χ0v) is 17.5. The Morgan fingerprint density at radius 1 is 1.13 bits per heavy atom. The zero-order valence-electron chi connectivity index (χ0n) is 16.0. The van der Waals surface area contributed by atoms with Crippen LogP contribution >= 0.6 is 11.6 Å². The van der Waals surface area contributed by atoms with Crippen LogP contribution in [0.15, 0.2) is 48.5 Å². The Balaban J connectivity index is 1.59. The fourth-order valence-corrected chi connectivity index (χ4v) is 4.81. The molecule has 4 rings (SSSR count). The number of nitrogens with one attached hydrogen (secondary N) is 1. The highest BCUT2D eigenvalue weighted by Gasteiger charge is 2.33. The summed E-state index contributed by atoms with van der Waals surface area (Å²) in [6, 6.07) is 13.8. The normalized spacial score (nSPS) is 14.2. The molecule has 0 spiro atoms. The van der Waals surface area contributed by atoms with Gasteiger partial charge in [-0.15, -0.1) is 0 Å². The number of carbonyl (C=O) groups is 1. The Hall–Kier alpha value is -3.04. The number of hydrogen-bond donors (Lipinski definition) is 1. The molecule has 1 aromatic heterocycles. The average molecular weight is 448 g/mol. The number of amides is 1. The number of para-hydroxylation sites is 2. The number of hydrogen-bond acceptors (Lipinski definition) is 6. The monoisotopic (exact) mass is 447 g/mol. The molecule has 0 bridgehead atoms. The summed E-state index contributed by atoms with van der Waals surface area (Å²) in [5, 5.41) is 7.70. The number of rotatable bonds is 6. The minimum atomic E-state index is -3.29. The molecular formula is C20H18ClN3O5S. The van der Waals surface area contributed by atoms with Crippen molar-refractivity contribution >= 4 is 33.2 Å². The number of halogens is 1. The van der Waals surface area contributed by atoms with Crippen molar-refractivity contribution in [3.8, 4) is 17.2 Å². The molecule has 1 amide bonds. The SMILES string of the molecule is COc1ccccc1OCC(=O)Nc1c2c(nn1-c1ccc(Cl)cc1)CS(=O)(=O)C2. The van der Waals surface area contributed by atoms with Gasteiger partial charge in [-0.3, -0.25) is 4.79 Å². The molecular weight excluding hydrogens is 430 g/mol. The summed E-state index contributed by atoms with van der Waals surface area (Å²) in [5.41, 5.74) is 1.55. The third-order valence-electron chi connectivity index (χ3n) is 4.54. The largest absolute Gasteiger partial charge is 0.493 e. The first kappa shape index (κ1) is 20.2. The van der Waals surface area contributed by atoms with Gasteiger partial charge in [-0.25, -0.2) is 13.1 Å². The number of fused-ring (bicyclic) bond motifs is 1. The van der Waals surface area contributed by atoms with Gasteiger partial charge in [-0.2, -0.15) is 5.10 Å². The minimum Gasteiger partial charge on any atom is -0.493 e. The van der Waals surface area contributed by atoms with Gasteiger partial charge in [0.2, 0.25) is 0 Å². The number of sulfone groups is 1. The van der Waals surface area contributed by atoms with Crippen molar-refractivity contribution < 1.29 is 22.7 Å². The van der Waals surface area contributed by atoms with Crippen LogP contribution in [0.4, 0.5) is 5.82 Å². The second kappa shape index (κ2) is 8.00. The van der Waals surface area contributed by atoms with Crippen LogP contribution in [0.2, 0.25) is 5.02 Å². The molecule has 1 aliphatic heterocycles. The lowest BCUT2D eigenvalue weighted by molar-refractivity contribution is -0.118. The molecule has 2 heterocycles. The molecule has 0 saturated carbocycles. The van der Waals surface area contributed by atoms with E-state index in [0.717, 1.165) is 0 Å². The van der Waals surface area contributed by atoms with E-state index in [4.69, 9.17) is 21.1 Å². The van der Waals surface area contributed by atoms with Crippen LogP contribution in [0.5, 0.6) is 11.5 Å². The van der Waals surface area contributed by atoms with Crippen molar-refractivity contribution in [1.29, 1.82) is 0 Å². The summed E-state index contributed by atoms with van der Waals surface area (Å²) in [7, 11) is -1.78. The van der Waals surface area contributed by atoms with Gasteiger partial charge in [0.25, 0.3) is 5.91 Å². The van der Waals surface area contributed by atoms with Crippen LogP contribution in [0.1, 0.15) is 11.3 Å². The lowest BCUT2D eigenvalue weighted by atomic mass is 10.2. The van der Waals surface area contributed by atoms with Gasteiger partial charge >= 0.3 is 0 Å². The molecule has 1 aliphatic rings. The van der Waals surface area contributed by atoms with Crippen LogP contribution < -0.4 is 14.8 Å². The van der Waals surface area contributed by atoms with Gasteiger partial charge in [0.15, 0.2) is 27.9 Å². The first-order valence-corrected chi connectivity index (χ1v) is 11.2. The molecule has 0 aliphatic carbocycles. The second-order valence-electron chi connectivity index (χ2n) is 6.68. The molecule has 0 saturated heterocycles. The summed E-state index contributed by atoms with van der Waals surface area (Å²) >= 11 is 5.95. The van der Waals surface area contributed by atoms with Gasteiger partial charge in [-0.1, -0.05) is 23.7 Å². The Labute approximate surface area is 178 Å². The van der Waals surface area contributed by atoms with Crippen LogP contribution in [-0.2, 0) is 26.1 Å². The van der Waals surface area contributed by atoms with E-state index < -0.39 is 15.7 Å². The fourth-order valence-electron chi connectivity index (χ4n) is 3.19. The van der Waals surface area contributed by atoms with Gasteiger partial charge < -0.3 is 14.8 Å². The molecule has 0 fully saturated rings. The first-order chi connectivity index (χ1) is 14.4. The Morgan fingerprint density at radius 3 is 2.53 bits per heavy atom. The zero-order chi connectivity index (χ0) is 21.3. The van der Waals surface area contributed by atoms with Crippen molar-refractivity contribution in [2.24, 2.45) is 0 Å². The highest BCUT2D eigenvalue weighted by molar-refractivity contribution is 7.90.